The van der Waals surface area contributed by atoms with E-state index in [1.54, 1.807) is 7.11 Å². The molecule has 0 aliphatic heterocycles. The fourth-order valence-electron chi connectivity index (χ4n) is 2.60. The lowest BCUT2D eigenvalue weighted by Crippen LogP contribution is -1.97. The van der Waals surface area contributed by atoms with E-state index in [1.807, 2.05) is 0 Å². The Morgan fingerprint density at radius 2 is 1.58 bits per heavy atom. The van der Waals surface area contributed by atoms with Crippen LogP contribution in [0.2, 0.25) is 0 Å². The van der Waals surface area contributed by atoms with Gasteiger partial charge in [-0.3, -0.25) is 0 Å². The summed E-state index contributed by atoms with van der Waals surface area (Å²) in [5.74, 6) is 0.972. The predicted octanol–water partition coefficient (Wildman–Crippen LogP) is 3.75. The predicted molar refractivity (Wildman–Crippen MR) is 80.5 cm³/mol. The minimum Gasteiger partial charge on any atom is -0.496 e. The van der Waals surface area contributed by atoms with Gasteiger partial charge in [0.05, 0.1) is 7.11 Å². The first-order valence-electron chi connectivity index (χ1n) is 6.52. The molecule has 0 amide bonds. The van der Waals surface area contributed by atoms with Crippen molar-refractivity contribution in [2.75, 3.05) is 7.11 Å². The molecule has 2 aromatic rings. The molecule has 0 heterocycles. The highest BCUT2D eigenvalue weighted by atomic mass is 16.5. The van der Waals surface area contributed by atoms with Crippen LogP contribution in [0.1, 0.15) is 22.3 Å². The number of rotatable bonds is 3. The van der Waals surface area contributed by atoms with Gasteiger partial charge in [0.25, 0.3) is 0 Å². The second-order valence-corrected chi connectivity index (χ2v) is 5.00. The van der Waals surface area contributed by atoms with Crippen LogP contribution in [0.25, 0.3) is 11.1 Å². The third kappa shape index (κ3) is 2.64. The summed E-state index contributed by atoms with van der Waals surface area (Å²) < 4.78 is 5.42. The van der Waals surface area contributed by atoms with Crippen LogP contribution in [0.15, 0.2) is 30.3 Å². The highest BCUT2D eigenvalue weighted by molar-refractivity contribution is 5.70. The summed E-state index contributed by atoms with van der Waals surface area (Å²) in [5.41, 5.74) is 12.9. The quantitative estimate of drug-likeness (QED) is 0.906. The van der Waals surface area contributed by atoms with Crippen LogP contribution < -0.4 is 10.5 Å². The van der Waals surface area contributed by atoms with Gasteiger partial charge in [0.2, 0.25) is 0 Å². The van der Waals surface area contributed by atoms with Crippen LogP contribution in [0, 0.1) is 20.8 Å². The van der Waals surface area contributed by atoms with Gasteiger partial charge in [-0.2, -0.15) is 0 Å². The van der Waals surface area contributed by atoms with E-state index in [1.165, 1.54) is 33.4 Å². The maximum atomic E-state index is 5.68. The fraction of sp³-hybridized carbons (Fsp3) is 0.294. The number of methoxy groups -OCH3 is 1. The summed E-state index contributed by atoms with van der Waals surface area (Å²) in [5, 5.41) is 0. The van der Waals surface area contributed by atoms with Crippen LogP contribution in [-0.2, 0) is 6.54 Å². The van der Waals surface area contributed by atoms with Crippen molar-refractivity contribution in [1.82, 2.24) is 0 Å². The van der Waals surface area contributed by atoms with Crippen molar-refractivity contribution < 1.29 is 4.74 Å². The normalized spacial score (nSPS) is 10.6. The van der Waals surface area contributed by atoms with E-state index in [2.05, 4.69) is 51.1 Å². The molecule has 0 radical (unpaired) electrons. The van der Waals surface area contributed by atoms with Crippen molar-refractivity contribution in [2.24, 2.45) is 5.73 Å². The standard InChI is InChI=1S/C17H21NO/c1-11-7-14(10-18)5-6-16(11)15-8-12(2)17(19-4)13(3)9-15/h5-9H,10,18H2,1-4H3. The third-order valence-corrected chi connectivity index (χ3v) is 3.50. The molecule has 2 nitrogen and oxygen atoms in total. The van der Waals surface area contributed by atoms with Gasteiger partial charge in [-0.15, -0.1) is 0 Å². The molecule has 0 aliphatic carbocycles. The van der Waals surface area contributed by atoms with Crippen molar-refractivity contribution in [1.29, 1.82) is 0 Å². The fourth-order valence-corrected chi connectivity index (χ4v) is 2.60. The van der Waals surface area contributed by atoms with Crippen LogP contribution in [0.4, 0.5) is 0 Å². The molecule has 0 spiro atoms. The first-order valence-corrected chi connectivity index (χ1v) is 6.52. The van der Waals surface area contributed by atoms with E-state index in [4.69, 9.17) is 10.5 Å². The van der Waals surface area contributed by atoms with Crippen molar-refractivity contribution in [3.05, 3.63) is 52.6 Å². The van der Waals surface area contributed by atoms with Gasteiger partial charge in [-0.1, -0.05) is 18.2 Å². The summed E-state index contributed by atoms with van der Waals surface area (Å²) in [6.45, 7) is 6.88. The monoisotopic (exact) mass is 255 g/mol. The van der Waals surface area contributed by atoms with Crippen LogP contribution in [0.3, 0.4) is 0 Å². The van der Waals surface area contributed by atoms with Crippen LogP contribution in [0.5, 0.6) is 5.75 Å². The van der Waals surface area contributed by atoms with Crippen molar-refractivity contribution in [3.63, 3.8) is 0 Å². The number of hydrogen-bond acceptors (Lipinski definition) is 2. The minimum atomic E-state index is 0.585. The molecule has 0 saturated carbocycles. The Hall–Kier alpha value is -1.80. The summed E-state index contributed by atoms with van der Waals surface area (Å²) in [6, 6.07) is 10.8. The van der Waals surface area contributed by atoms with E-state index in [0.29, 0.717) is 6.54 Å². The highest BCUT2D eigenvalue weighted by Crippen LogP contribution is 2.31. The van der Waals surface area contributed by atoms with Crippen LogP contribution in [-0.4, -0.2) is 7.11 Å². The zero-order chi connectivity index (χ0) is 14.0. The molecule has 2 aromatic carbocycles. The summed E-state index contributed by atoms with van der Waals surface area (Å²) in [7, 11) is 1.72. The number of nitrogens with two attached hydrogens (primary N) is 1. The summed E-state index contributed by atoms with van der Waals surface area (Å²) in [4.78, 5) is 0. The maximum Gasteiger partial charge on any atom is 0.124 e. The van der Waals surface area contributed by atoms with Gasteiger partial charge >= 0.3 is 0 Å². The van der Waals surface area contributed by atoms with Gasteiger partial charge < -0.3 is 10.5 Å². The maximum absolute atomic E-state index is 5.68. The Kier molecular flexibility index (Phi) is 3.91. The molecule has 2 heteroatoms. The first-order chi connectivity index (χ1) is 9.06. The van der Waals surface area contributed by atoms with Crippen molar-refractivity contribution in [2.45, 2.75) is 27.3 Å². The highest BCUT2D eigenvalue weighted by Gasteiger charge is 2.08. The second kappa shape index (κ2) is 5.45. The molecule has 100 valence electrons. The van der Waals surface area contributed by atoms with E-state index in [-0.39, 0.29) is 0 Å². The number of ether oxygens (including phenoxy) is 1. The molecule has 0 unspecified atom stereocenters. The minimum absolute atomic E-state index is 0.585. The smallest absolute Gasteiger partial charge is 0.124 e. The second-order valence-electron chi connectivity index (χ2n) is 5.00. The SMILES string of the molecule is COc1c(C)cc(-c2ccc(CN)cc2C)cc1C. The van der Waals surface area contributed by atoms with E-state index >= 15 is 0 Å². The van der Waals surface area contributed by atoms with Gasteiger partial charge in [-0.05, 0) is 66.3 Å². The molecular weight excluding hydrogens is 234 g/mol. The molecule has 0 fully saturated rings. The molecule has 2 N–H and O–H groups in total. The number of hydrogen-bond donors (Lipinski definition) is 1. The topological polar surface area (TPSA) is 35.2 Å². The van der Waals surface area contributed by atoms with Gasteiger partial charge in [-0.25, -0.2) is 0 Å². The molecule has 0 bridgehead atoms. The largest absolute Gasteiger partial charge is 0.496 e. The van der Waals surface area contributed by atoms with E-state index < -0.39 is 0 Å². The molecular formula is C17H21NO. The molecule has 2 rings (SSSR count). The molecule has 0 saturated heterocycles. The molecule has 0 atom stereocenters. The molecule has 0 aliphatic rings. The Morgan fingerprint density at radius 1 is 0.947 bits per heavy atom. The van der Waals surface area contributed by atoms with E-state index in [0.717, 1.165) is 5.75 Å². The average Bonchev–Trinajstić information content (AvgIpc) is 2.38. The number of benzene rings is 2. The van der Waals surface area contributed by atoms with E-state index in [9.17, 15) is 0 Å². The summed E-state index contributed by atoms with van der Waals surface area (Å²) >= 11 is 0. The zero-order valence-corrected chi connectivity index (χ0v) is 12.1. The molecule has 19 heavy (non-hydrogen) atoms. The lowest BCUT2D eigenvalue weighted by Gasteiger charge is -2.13. The Balaban J connectivity index is 2.53. The Labute approximate surface area is 115 Å². The summed E-state index contributed by atoms with van der Waals surface area (Å²) in [6.07, 6.45) is 0. The van der Waals surface area contributed by atoms with Gasteiger partial charge in [0, 0.05) is 6.54 Å². The Morgan fingerprint density at radius 3 is 2.05 bits per heavy atom. The third-order valence-electron chi connectivity index (χ3n) is 3.50. The zero-order valence-electron chi connectivity index (χ0n) is 12.1. The first kappa shape index (κ1) is 13.6. The van der Waals surface area contributed by atoms with Gasteiger partial charge in [0.15, 0.2) is 0 Å². The lowest BCUT2D eigenvalue weighted by molar-refractivity contribution is 0.408. The Bertz CT molecular complexity index is 579. The lowest BCUT2D eigenvalue weighted by atomic mass is 9.95. The number of aryl methyl sites for hydroxylation is 3. The van der Waals surface area contributed by atoms with Gasteiger partial charge in [0.1, 0.15) is 5.75 Å². The van der Waals surface area contributed by atoms with Crippen LogP contribution >= 0.6 is 0 Å². The van der Waals surface area contributed by atoms with Crippen molar-refractivity contribution >= 4 is 0 Å². The van der Waals surface area contributed by atoms with Crippen molar-refractivity contribution in [3.8, 4) is 16.9 Å². The average molecular weight is 255 g/mol. The molecule has 0 aromatic heterocycles.